The number of ether oxygens (including phenoxy) is 2. The van der Waals surface area contributed by atoms with Crippen LogP contribution in [0.15, 0.2) is 12.1 Å². The molecule has 0 heterocycles. The molecule has 0 aliphatic heterocycles. The first-order valence-electron chi connectivity index (χ1n) is 6.83. The molecule has 0 aromatic heterocycles. The summed E-state index contributed by atoms with van der Waals surface area (Å²) in [6.07, 6.45) is 1.66. The van der Waals surface area contributed by atoms with E-state index in [2.05, 4.69) is 4.90 Å². The molecule has 4 nitrogen and oxygen atoms in total. The summed E-state index contributed by atoms with van der Waals surface area (Å²) < 4.78 is 11.3. The molecule has 0 spiro atoms. The second-order valence-electron chi connectivity index (χ2n) is 5.28. The second-order valence-corrected chi connectivity index (χ2v) is 5.72. The van der Waals surface area contributed by atoms with Gasteiger partial charge in [0.25, 0.3) is 0 Å². The van der Waals surface area contributed by atoms with Gasteiger partial charge in [-0.25, -0.2) is 0 Å². The molecule has 2 N–H and O–H groups in total. The molecule has 0 saturated carbocycles. The average molecular weight is 301 g/mol. The molecule has 1 aromatic carbocycles. The van der Waals surface area contributed by atoms with Crippen LogP contribution in [-0.2, 0) is 6.42 Å². The number of rotatable bonds is 8. The summed E-state index contributed by atoms with van der Waals surface area (Å²) in [6.45, 7) is 3.59. The van der Waals surface area contributed by atoms with Gasteiger partial charge in [-0.1, -0.05) is 11.6 Å². The summed E-state index contributed by atoms with van der Waals surface area (Å²) in [5.74, 6) is 1.42. The van der Waals surface area contributed by atoms with Gasteiger partial charge in [-0.3, -0.25) is 0 Å². The number of hydrogen-bond donors (Lipinski definition) is 1. The van der Waals surface area contributed by atoms with Gasteiger partial charge in [0, 0.05) is 29.2 Å². The minimum atomic E-state index is 0.0438. The average Bonchev–Trinajstić information content (AvgIpc) is 2.34. The van der Waals surface area contributed by atoms with Crippen molar-refractivity contribution < 1.29 is 9.47 Å². The minimum Gasteiger partial charge on any atom is -0.493 e. The van der Waals surface area contributed by atoms with Crippen molar-refractivity contribution in [1.82, 2.24) is 4.90 Å². The fraction of sp³-hybridized carbons (Fsp3) is 0.600. The van der Waals surface area contributed by atoms with Crippen LogP contribution in [0.5, 0.6) is 11.5 Å². The fourth-order valence-electron chi connectivity index (χ4n) is 1.99. The lowest BCUT2D eigenvalue weighted by Crippen LogP contribution is -2.19. The van der Waals surface area contributed by atoms with E-state index in [9.17, 15) is 0 Å². The van der Waals surface area contributed by atoms with Crippen LogP contribution in [-0.4, -0.2) is 45.3 Å². The van der Waals surface area contributed by atoms with Crippen molar-refractivity contribution in [2.45, 2.75) is 25.8 Å². The Kier molecular flexibility index (Phi) is 7.13. The van der Waals surface area contributed by atoms with Crippen molar-refractivity contribution in [2.75, 3.05) is 34.4 Å². The van der Waals surface area contributed by atoms with Gasteiger partial charge >= 0.3 is 0 Å². The van der Waals surface area contributed by atoms with E-state index < -0.39 is 0 Å². The van der Waals surface area contributed by atoms with Crippen LogP contribution in [0, 0.1) is 0 Å². The molecular weight excluding hydrogens is 276 g/mol. The normalized spacial score (nSPS) is 12.6. The third-order valence-corrected chi connectivity index (χ3v) is 3.07. The molecule has 0 amide bonds. The minimum absolute atomic E-state index is 0.0438. The van der Waals surface area contributed by atoms with Gasteiger partial charge in [0.15, 0.2) is 11.5 Å². The van der Waals surface area contributed by atoms with Crippen LogP contribution < -0.4 is 15.2 Å². The summed E-state index contributed by atoms with van der Waals surface area (Å²) >= 11 is 6.10. The largest absolute Gasteiger partial charge is 0.493 e. The van der Waals surface area contributed by atoms with Crippen LogP contribution in [0.2, 0.25) is 5.02 Å². The van der Waals surface area contributed by atoms with E-state index in [1.807, 2.05) is 27.1 Å². The van der Waals surface area contributed by atoms with E-state index in [4.69, 9.17) is 26.8 Å². The number of benzene rings is 1. The number of halogens is 1. The Balaban J connectivity index is 2.84. The van der Waals surface area contributed by atoms with Gasteiger partial charge < -0.3 is 20.1 Å². The Morgan fingerprint density at radius 1 is 1.35 bits per heavy atom. The molecule has 1 unspecified atom stereocenters. The summed E-state index contributed by atoms with van der Waals surface area (Å²) in [5.41, 5.74) is 6.88. The van der Waals surface area contributed by atoms with Crippen LogP contribution in [0.4, 0.5) is 0 Å². The molecule has 0 saturated heterocycles. The lowest BCUT2D eigenvalue weighted by molar-refractivity contribution is 0.265. The topological polar surface area (TPSA) is 47.7 Å². The van der Waals surface area contributed by atoms with Crippen molar-refractivity contribution in [1.29, 1.82) is 0 Å². The van der Waals surface area contributed by atoms with E-state index >= 15 is 0 Å². The SMILES string of the molecule is COc1cc(Cl)cc(CC(C)N)c1OCCCN(C)C. The van der Waals surface area contributed by atoms with Crippen LogP contribution >= 0.6 is 11.6 Å². The standard InChI is InChI=1S/C15H25ClN2O2/c1-11(17)8-12-9-13(16)10-14(19-4)15(12)20-7-5-6-18(2)3/h9-11H,5-8,17H2,1-4H3. The summed E-state index contributed by atoms with van der Waals surface area (Å²) in [5, 5.41) is 0.637. The van der Waals surface area contributed by atoms with Gasteiger partial charge in [-0.2, -0.15) is 0 Å². The van der Waals surface area contributed by atoms with E-state index in [1.54, 1.807) is 13.2 Å². The monoisotopic (exact) mass is 300 g/mol. The van der Waals surface area contributed by atoms with Crippen molar-refractivity contribution in [2.24, 2.45) is 5.73 Å². The molecule has 0 aliphatic carbocycles. The third-order valence-electron chi connectivity index (χ3n) is 2.85. The summed E-state index contributed by atoms with van der Waals surface area (Å²) in [4.78, 5) is 2.13. The maximum absolute atomic E-state index is 6.10. The maximum Gasteiger partial charge on any atom is 0.164 e. The maximum atomic E-state index is 6.10. The third kappa shape index (κ3) is 5.57. The molecular formula is C15H25ClN2O2. The van der Waals surface area contributed by atoms with E-state index in [0.717, 1.165) is 24.3 Å². The zero-order valence-electron chi connectivity index (χ0n) is 12.8. The molecule has 1 aromatic rings. The molecule has 114 valence electrons. The highest BCUT2D eigenvalue weighted by molar-refractivity contribution is 6.30. The quantitative estimate of drug-likeness (QED) is 0.750. The highest BCUT2D eigenvalue weighted by Gasteiger charge is 2.14. The first-order valence-corrected chi connectivity index (χ1v) is 7.21. The Labute approximate surface area is 126 Å². The van der Waals surface area contributed by atoms with E-state index in [-0.39, 0.29) is 6.04 Å². The van der Waals surface area contributed by atoms with Gasteiger partial charge in [0.2, 0.25) is 0 Å². The van der Waals surface area contributed by atoms with Crippen LogP contribution in [0.1, 0.15) is 18.9 Å². The molecule has 1 rings (SSSR count). The predicted octanol–water partition coefficient (Wildman–Crippen LogP) is 2.57. The van der Waals surface area contributed by atoms with Crippen molar-refractivity contribution >= 4 is 11.6 Å². The number of hydrogen-bond acceptors (Lipinski definition) is 4. The van der Waals surface area contributed by atoms with Crippen molar-refractivity contribution in [3.8, 4) is 11.5 Å². The van der Waals surface area contributed by atoms with Crippen LogP contribution in [0.25, 0.3) is 0 Å². The van der Waals surface area contributed by atoms with Crippen molar-refractivity contribution in [3.05, 3.63) is 22.7 Å². The number of nitrogens with two attached hydrogens (primary N) is 1. The van der Waals surface area contributed by atoms with Gasteiger partial charge in [-0.05, 0) is 39.9 Å². The summed E-state index contributed by atoms with van der Waals surface area (Å²) in [7, 11) is 5.71. The molecule has 0 radical (unpaired) electrons. The molecule has 20 heavy (non-hydrogen) atoms. The molecule has 5 heteroatoms. The molecule has 0 bridgehead atoms. The highest BCUT2D eigenvalue weighted by atomic mass is 35.5. The molecule has 1 atom stereocenters. The van der Waals surface area contributed by atoms with Gasteiger partial charge in [0.05, 0.1) is 13.7 Å². The lowest BCUT2D eigenvalue weighted by Gasteiger charge is -2.17. The Morgan fingerprint density at radius 2 is 2.05 bits per heavy atom. The second kappa shape index (κ2) is 8.35. The summed E-state index contributed by atoms with van der Waals surface area (Å²) in [6, 6.07) is 3.71. The molecule has 0 fully saturated rings. The number of methoxy groups -OCH3 is 1. The molecule has 0 aliphatic rings. The predicted molar refractivity (Wildman–Crippen MR) is 84.0 cm³/mol. The first-order chi connectivity index (χ1) is 9.43. The van der Waals surface area contributed by atoms with Gasteiger partial charge in [0.1, 0.15) is 0 Å². The lowest BCUT2D eigenvalue weighted by atomic mass is 10.1. The highest BCUT2D eigenvalue weighted by Crippen LogP contribution is 2.35. The van der Waals surface area contributed by atoms with E-state index in [1.165, 1.54) is 0 Å². The fourth-order valence-corrected chi connectivity index (χ4v) is 2.22. The zero-order valence-corrected chi connectivity index (χ0v) is 13.5. The number of nitrogens with zero attached hydrogens (tertiary/aromatic N) is 1. The first kappa shape index (κ1) is 17.1. The smallest absolute Gasteiger partial charge is 0.164 e. The zero-order chi connectivity index (χ0) is 15.1. The van der Waals surface area contributed by atoms with Crippen LogP contribution in [0.3, 0.4) is 0 Å². The Morgan fingerprint density at radius 3 is 2.60 bits per heavy atom. The Bertz CT molecular complexity index is 423. The Hall–Kier alpha value is -0.970. The van der Waals surface area contributed by atoms with Crippen molar-refractivity contribution in [3.63, 3.8) is 0 Å². The van der Waals surface area contributed by atoms with Gasteiger partial charge in [-0.15, -0.1) is 0 Å². The van der Waals surface area contributed by atoms with E-state index in [0.29, 0.717) is 23.8 Å².